The van der Waals surface area contributed by atoms with Crippen LogP contribution in [0.4, 0.5) is 0 Å². The topological polar surface area (TPSA) is 51.5 Å². The molecule has 1 aliphatic heterocycles. The zero-order valence-electron chi connectivity index (χ0n) is 14.9. The molecule has 1 aromatic heterocycles. The number of aromatic nitrogens is 1. The summed E-state index contributed by atoms with van der Waals surface area (Å²) in [6.45, 7) is 3.44. The standard InChI is InChI=1S/C19H22N2O3S2/c1-13-3-5-14(6-4-13)16-12-26-19(25)21(16)11-17(22)20-9-7-15(8-10-20)18(23)24-2/h3-6,12,15H,7-11H2,1-2H3. The fourth-order valence-electron chi connectivity index (χ4n) is 3.20. The molecule has 1 saturated heterocycles. The van der Waals surface area contributed by atoms with E-state index in [9.17, 15) is 9.59 Å². The largest absolute Gasteiger partial charge is 0.469 e. The van der Waals surface area contributed by atoms with Gasteiger partial charge in [0.25, 0.3) is 0 Å². The molecule has 0 radical (unpaired) electrons. The number of aryl methyl sites for hydroxylation is 1. The number of carbonyl (C=O) groups excluding carboxylic acids is 2. The number of rotatable bonds is 4. The van der Waals surface area contributed by atoms with Crippen LogP contribution < -0.4 is 0 Å². The van der Waals surface area contributed by atoms with Crippen LogP contribution >= 0.6 is 23.6 Å². The number of ether oxygens (including phenoxy) is 1. The van der Waals surface area contributed by atoms with Gasteiger partial charge in [0, 0.05) is 18.5 Å². The molecule has 0 saturated carbocycles. The Kier molecular flexibility index (Phi) is 5.88. The molecule has 7 heteroatoms. The first-order valence-electron chi connectivity index (χ1n) is 8.60. The number of esters is 1. The molecule has 0 unspecified atom stereocenters. The van der Waals surface area contributed by atoms with Crippen LogP contribution in [0.1, 0.15) is 18.4 Å². The van der Waals surface area contributed by atoms with Crippen LogP contribution in [-0.4, -0.2) is 41.5 Å². The van der Waals surface area contributed by atoms with Crippen molar-refractivity contribution in [2.75, 3.05) is 20.2 Å². The predicted octanol–water partition coefficient (Wildman–Crippen LogP) is 3.67. The molecule has 0 aliphatic carbocycles. The summed E-state index contributed by atoms with van der Waals surface area (Å²) in [5, 5.41) is 2.00. The van der Waals surface area contributed by atoms with E-state index in [0.29, 0.717) is 29.9 Å². The molecule has 0 bridgehead atoms. The Morgan fingerprint density at radius 3 is 2.50 bits per heavy atom. The van der Waals surface area contributed by atoms with Crippen molar-refractivity contribution in [1.82, 2.24) is 9.47 Å². The lowest BCUT2D eigenvalue weighted by atomic mass is 9.97. The van der Waals surface area contributed by atoms with Gasteiger partial charge in [-0.2, -0.15) is 0 Å². The third-order valence-corrected chi connectivity index (χ3v) is 6.08. The maximum atomic E-state index is 12.7. The predicted molar refractivity (Wildman–Crippen MR) is 105 cm³/mol. The highest BCUT2D eigenvalue weighted by molar-refractivity contribution is 7.73. The first kappa shape index (κ1) is 18.8. The molecule has 3 rings (SSSR count). The van der Waals surface area contributed by atoms with E-state index in [1.54, 1.807) is 0 Å². The second kappa shape index (κ2) is 8.14. The highest BCUT2D eigenvalue weighted by Gasteiger charge is 2.28. The monoisotopic (exact) mass is 390 g/mol. The summed E-state index contributed by atoms with van der Waals surface area (Å²) < 4.78 is 7.40. The molecule has 2 heterocycles. The molecule has 2 aromatic rings. The first-order chi connectivity index (χ1) is 12.5. The average molecular weight is 391 g/mol. The van der Waals surface area contributed by atoms with Crippen LogP contribution in [0.5, 0.6) is 0 Å². The molecular weight excluding hydrogens is 368 g/mol. The van der Waals surface area contributed by atoms with E-state index in [1.807, 2.05) is 21.8 Å². The normalized spacial score (nSPS) is 15.1. The van der Waals surface area contributed by atoms with Crippen molar-refractivity contribution in [2.45, 2.75) is 26.3 Å². The molecule has 26 heavy (non-hydrogen) atoms. The number of piperidine rings is 1. The van der Waals surface area contributed by atoms with Gasteiger partial charge in [-0.25, -0.2) is 0 Å². The lowest BCUT2D eigenvalue weighted by molar-refractivity contribution is -0.149. The van der Waals surface area contributed by atoms with Gasteiger partial charge >= 0.3 is 5.97 Å². The highest BCUT2D eigenvalue weighted by Crippen LogP contribution is 2.25. The Balaban J connectivity index is 1.71. The van der Waals surface area contributed by atoms with Gasteiger partial charge in [0.2, 0.25) is 5.91 Å². The summed E-state index contributed by atoms with van der Waals surface area (Å²) in [7, 11) is 1.41. The van der Waals surface area contributed by atoms with Crippen LogP contribution in [0.2, 0.25) is 0 Å². The quantitative estimate of drug-likeness (QED) is 0.590. The van der Waals surface area contributed by atoms with Crippen molar-refractivity contribution in [3.05, 3.63) is 39.2 Å². The number of methoxy groups -OCH3 is 1. The zero-order valence-corrected chi connectivity index (χ0v) is 16.6. The molecule has 0 atom stereocenters. The van der Waals surface area contributed by atoms with Gasteiger partial charge in [-0.1, -0.05) is 29.8 Å². The van der Waals surface area contributed by atoms with Gasteiger partial charge in [-0.3, -0.25) is 9.59 Å². The van der Waals surface area contributed by atoms with Crippen molar-refractivity contribution < 1.29 is 14.3 Å². The van der Waals surface area contributed by atoms with Crippen molar-refractivity contribution in [1.29, 1.82) is 0 Å². The second-order valence-corrected chi connectivity index (χ2v) is 8.02. The SMILES string of the molecule is COC(=O)C1CCN(C(=O)Cn2c(-c3ccc(C)cc3)csc2=S)CC1. The number of likely N-dealkylation sites (tertiary alicyclic amines) is 1. The maximum absolute atomic E-state index is 12.7. The van der Waals surface area contributed by atoms with Gasteiger partial charge in [0.1, 0.15) is 6.54 Å². The minimum Gasteiger partial charge on any atom is -0.469 e. The van der Waals surface area contributed by atoms with Crippen LogP contribution in [0.25, 0.3) is 11.3 Å². The molecule has 1 aromatic carbocycles. The van der Waals surface area contributed by atoms with E-state index in [4.69, 9.17) is 17.0 Å². The van der Waals surface area contributed by atoms with E-state index < -0.39 is 0 Å². The molecule has 0 N–H and O–H groups in total. The number of amides is 1. The van der Waals surface area contributed by atoms with E-state index in [0.717, 1.165) is 11.3 Å². The number of hydrogen-bond acceptors (Lipinski definition) is 5. The maximum Gasteiger partial charge on any atom is 0.308 e. The highest BCUT2D eigenvalue weighted by atomic mass is 32.1. The minimum atomic E-state index is -0.182. The summed E-state index contributed by atoms with van der Waals surface area (Å²) in [4.78, 5) is 26.2. The number of thiazole rings is 1. The first-order valence-corrected chi connectivity index (χ1v) is 9.89. The van der Waals surface area contributed by atoms with E-state index in [1.165, 1.54) is 24.0 Å². The van der Waals surface area contributed by atoms with Crippen molar-refractivity contribution in [3.8, 4) is 11.3 Å². The van der Waals surface area contributed by atoms with Crippen LogP contribution in [0, 0.1) is 16.8 Å². The molecule has 1 aliphatic rings. The van der Waals surface area contributed by atoms with Gasteiger partial charge in [0.05, 0.1) is 18.7 Å². The van der Waals surface area contributed by atoms with Gasteiger partial charge in [0.15, 0.2) is 3.95 Å². The fourth-order valence-corrected chi connectivity index (χ4v) is 4.27. The van der Waals surface area contributed by atoms with Crippen LogP contribution in [0.15, 0.2) is 29.6 Å². The number of hydrogen-bond donors (Lipinski definition) is 0. The Morgan fingerprint density at radius 2 is 1.88 bits per heavy atom. The van der Waals surface area contributed by atoms with E-state index >= 15 is 0 Å². The molecule has 1 fully saturated rings. The summed E-state index contributed by atoms with van der Waals surface area (Å²) in [5.41, 5.74) is 3.22. The smallest absolute Gasteiger partial charge is 0.308 e. The average Bonchev–Trinajstić information content (AvgIpc) is 3.02. The van der Waals surface area contributed by atoms with E-state index in [-0.39, 0.29) is 24.3 Å². The number of benzene rings is 1. The molecular formula is C19H22N2O3S2. The van der Waals surface area contributed by atoms with E-state index in [2.05, 4.69) is 24.3 Å². The zero-order chi connectivity index (χ0) is 18.7. The summed E-state index contributed by atoms with van der Waals surface area (Å²) in [6, 6.07) is 8.21. The second-order valence-electron chi connectivity index (χ2n) is 6.52. The van der Waals surface area contributed by atoms with Gasteiger partial charge in [-0.15, -0.1) is 11.3 Å². The molecule has 138 valence electrons. The van der Waals surface area contributed by atoms with Crippen LogP contribution in [0.3, 0.4) is 0 Å². The molecule has 0 spiro atoms. The third kappa shape index (κ3) is 4.04. The van der Waals surface area contributed by atoms with Crippen molar-refractivity contribution in [2.24, 2.45) is 5.92 Å². The van der Waals surface area contributed by atoms with Gasteiger partial charge in [-0.05, 0) is 37.5 Å². The summed E-state index contributed by atoms with van der Waals surface area (Å²) in [5.74, 6) is -0.245. The number of nitrogens with zero attached hydrogens (tertiary/aromatic N) is 2. The summed E-state index contributed by atoms with van der Waals surface area (Å²) >= 11 is 6.91. The fraction of sp³-hybridized carbons (Fsp3) is 0.421. The van der Waals surface area contributed by atoms with Crippen molar-refractivity contribution >= 4 is 35.4 Å². The number of carbonyl (C=O) groups is 2. The summed E-state index contributed by atoms with van der Waals surface area (Å²) in [6.07, 6.45) is 1.30. The van der Waals surface area contributed by atoms with Crippen LogP contribution in [-0.2, 0) is 20.9 Å². The lowest BCUT2D eigenvalue weighted by Crippen LogP contribution is -2.42. The Hall–Kier alpha value is -1.99. The third-order valence-electron chi connectivity index (χ3n) is 4.81. The minimum absolute atomic E-state index is 0.0381. The molecule has 5 nitrogen and oxygen atoms in total. The van der Waals surface area contributed by atoms with Gasteiger partial charge < -0.3 is 14.2 Å². The van der Waals surface area contributed by atoms with Crippen molar-refractivity contribution in [3.63, 3.8) is 0 Å². The Labute approximate surface area is 162 Å². The lowest BCUT2D eigenvalue weighted by Gasteiger charge is -2.31. The Morgan fingerprint density at radius 1 is 1.23 bits per heavy atom. The Bertz CT molecular complexity index is 846. The molecule has 1 amide bonds.